The van der Waals surface area contributed by atoms with Crippen molar-refractivity contribution in [1.82, 2.24) is 4.31 Å². The predicted octanol–water partition coefficient (Wildman–Crippen LogP) is 4.02. The van der Waals surface area contributed by atoms with Gasteiger partial charge in [0.05, 0.1) is 4.90 Å². The van der Waals surface area contributed by atoms with E-state index >= 15 is 0 Å². The molecule has 0 bridgehead atoms. The second-order valence-corrected chi connectivity index (χ2v) is 8.22. The van der Waals surface area contributed by atoms with Crippen LogP contribution in [0.2, 0.25) is 0 Å². The van der Waals surface area contributed by atoms with E-state index in [0.29, 0.717) is 4.31 Å². The molecule has 6 heteroatoms. The molecule has 1 aliphatic heterocycles. The van der Waals surface area contributed by atoms with Gasteiger partial charge in [0.15, 0.2) is 0 Å². The monoisotopic (exact) mass is 399 g/mol. The maximum Gasteiger partial charge on any atom is 0.273 e. The quantitative estimate of drug-likeness (QED) is 0.535. The van der Waals surface area contributed by atoms with Gasteiger partial charge in [0.2, 0.25) is 0 Å². The first-order chi connectivity index (χ1) is 13.3. The lowest BCUT2D eigenvalue weighted by Crippen LogP contribution is -2.39. The van der Waals surface area contributed by atoms with Crippen LogP contribution in [-0.4, -0.2) is 24.5 Å². The molecule has 1 heterocycles. The number of nitrogens with zero attached hydrogens (tertiary/aromatic N) is 1. The van der Waals surface area contributed by atoms with Crippen LogP contribution in [0.3, 0.4) is 0 Å². The summed E-state index contributed by atoms with van der Waals surface area (Å²) < 4.78 is 26.9. The predicted molar refractivity (Wildman–Crippen MR) is 110 cm³/mol. The third kappa shape index (κ3) is 2.98. The molecule has 1 saturated heterocycles. The van der Waals surface area contributed by atoms with Crippen LogP contribution in [0.25, 0.3) is 0 Å². The lowest BCUT2D eigenvalue weighted by molar-refractivity contribution is -0.134. The number of hydrogen-bond donors (Lipinski definition) is 0. The lowest BCUT2D eigenvalue weighted by atomic mass is 9.63. The maximum atomic E-state index is 13.6. The first-order valence-corrected chi connectivity index (χ1v) is 10.5. The zero-order valence-corrected chi connectivity index (χ0v) is 17.3. The molecule has 2 amide bonds. The van der Waals surface area contributed by atoms with Crippen molar-refractivity contribution in [1.29, 1.82) is 0 Å². The fourth-order valence-electron chi connectivity index (χ4n) is 3.70. The molecule has 28 heavy (non-hydrogen) atoms. The Labute approximate surface area is 166 Å². The van der Waals surface area contributed by atoms with Gasteiger partial charge in [-0.05, 0) is 39.8 Å². The van der Waals surface area contributed by atoms with Crippen molar-refractivity contribution in [2.24, 2.45) is 10.8 Å². The van der Waals surface area contributed by atoms with E-state index in [2.05, 4.69) is 0 Å². The Hall–Kier alpha value is -2.73. The summed E-state index contributed by atoms with van der Waals surface area (Å²) in [6, 6.07) is 7.51. The maximum absolute atomic E-state index is 13.6. The van der Waals surface area contributed by atoms with Crippen molar-refractivity contribution in [3.63, 3.8) is 0 Å². The molecule has 1 fully saturated rings. The summed E-state index contributed by atoms with van der Waals surface area (Å²) in [5.41, 5.74) is -2.96. The van der Waals surface area contributed by atoms with Gasteiger partial charge >= 0.3 is 0 Å². The van der Waals surface area contributed by atoms with Crippen LogP contribution in [0.4, 0.5) is 0 Å². The number of carbonyl (C=O) groups excluding carboxylic acids is 2. The number of allylic oxidation sites excluding steroid dienone is 4. The largest absolute Gasteiger partial charge is 0.273 e. The molecule has 1 aliphatic rings. The van der Waals surface area contributed by atoms with E-state index in [1.165, 1.54) is 12.1 Å². The second-order valence-electron chi connectivity index (χ2n) is 6.43. The van der Waals surface area contributed by atoms with Gasteiger partial charge < -0.3 is 0 Å². The summed E-state index contributed by atoms with van der Waals surface area (Å²) >= 11 is 0. The first-order valence-electron chi connectivity index (χ1n) is 9.03. The number of imide groups is 1. The molecule has 1 aromatic carbocycles. The smallest absolute Gasteiger partial charge is 0.272 e. The van der Waals surface area contributed by atoms with Gasteiger partial charge in [0.25, 0.3) is 21.8 Å². The Kier molecular flexibility index (Phi) is 6.24. The highest BCUT2D eigenvalue weighted by Crippen LogP contribution is 2.54. The highest BCUT2D eigenvalue weighted by atomic mass is 32.2. The molecule has 148 valence electrons. The molecular weight excluding hydrogens is 374 g/mol. The Balaban J connectivity index is 2.91. The molecule has 2 rings (SSSR count). The Morgan fingerprint density at radius 3 is 1.39 bits per heavy atom. The number of benzene rings is 1. The lowest BCUT2D eigenvalue weighted by Gasteiger charge is -2.33. The SMILES string of the molecule is CC=CC1(C=CC)C(=O)N(S(=O)(=O)c2ccccc2)C(=O)C1(C=CC)C=CC. The topological polar surface area (TPSA) is 71.5 Å². The first kappa shape index (κ1) is 21.6. The number of carbonyl (C=O) groups is 2. The van der Waals surface area contributed by atoms with Crippen LogP contribution in [0.1, 0.15) is 27.7 Å². The summed E-state index contributed by atoms with van der Waals surface area (Å²) in [7, 11) is -4.35. The summed E-state index contributed by atoms with van der Waals surface area (Å²) in [6.07, 6.45) is 13.0. The minimum Gasteiger partial charge on any atom is -0.272 e. The number of hydrogen-bond acceptors (Lipinski definition) is 4. The van der Waals surface area contributed by atoms with Crippen molar-refractivity contribution in [3.05, 3.63) is 78.9 Å². The molecule has 0 radical (unpaired) electrons. The zero-order valence-electron chi connectivity index (χ0n) is 16.5. The van der Waals surface area contributed by atoms with Gasteiger partial charge in [0, 0.05) is 0 Å². The molecule has 5 nitrogen and oxygen atoms in total. The van der Waals surface area contributed by atoms with Gasteiger partial charge in [-0.2, -0.15) is 4.31 Å². The second kappa shape index (κ2) is 8.10. The molecule has 0 aliphatic carbocycles. The van der Waals surface area contributed by atoms with Gasteiger partial charge in [-0.3, -0.25) is 9.59 Å². The fraction of sp³-hybridized carbons (Fsp3) is 0.273. The Morgan fingerprint density at radius 2 is 1.07 bits per heavy atom. The molecule has 0 spiro atoms. The van der Waals surface area contributed by atoms with Gasteiger partial charge in [0.1, 0.15) is 10.8 Å². The van der Waals surface area contributed by atoms with E-state index in [-0.39, 0.29) is 4.90 Å². The van der Waals surface area contributed by atoms with Crippen LogP contribution >= 0.6 is 0 Å². The van der Waals surface area contributed by atoms with Crippen LogP contribution < -0.4 is 0 Å². The van der Waals surface area contributed by atoms with Crippen molar-refractivity contribution in [2.45, 2.75) is 32.6 Å². The molecule has 0 unspecified atom stereocenters. The summed E-state index contributed by atoms with van der Waals surface area (Å²) in [5, 5.41) is 0. The van der Waals surface area contributed by atoms with Crippen LogP contribution in [0, 0.1) is 10.8 Å². The zero-order chi connectivity index (χ0) is 21.0. The van der Waals surface area contributed by atoms with E-state index in [0.717, 1.165) is 0 Å². The number of amides is 2. The average molecular weight is 400 g/mol. The highest BCUT2D eigenvalue weighted by molar-refractivity contribution is 7.90. The summed E-state index contributed by atoms with van der Waals surface area (Å²) in [5.74, 6) is -1.59. The third-order valence-electron chi connectivity index (χ3n) is 4.76. The molecule has 1 aromatic rings. The van der Waals surface area contributed by atoms with Crippen molar-refractivity contribution < 1.29 is 18.0 Å². The van der Waals surface area contributed by atoms with E-state index in [1.807, 2.05) is 0 Å². The van der Waals surface area contributed by atoms with Crippen molar-refractivity contribution in [2.75, 3.05) is 0 Å². The van der Waals surface area contributed by atoms with Crippen molar-refractivity contribution >= 4 is 21.8 Å². The van der Waals surface area contributed by atoms with Gasteiger partial charge in [-0.15, -0.1) is 0 Å². The molecule has 0 aromatic heterocycles. The normalized spacial score (nSPS) is 26.6. The number of sulfonamides is 1. The van der Waals surface area contributed by atoms with Crippen LogP contribution in [0.15, 0.2) is 83.8 Å². The van der Waals surface area contributed by atoms with E-state index in [1.54, 1.807) is 94.5 Å². The van der Waals surface area contributed by atoms with Crippen LogP contribution in [0.5, 0.6) is 0 Å². The minimum atomic E-state index is -4.35. The standard InChI is InChI=1S/C22H25NO4S/c1-5-14-21(15-6-2)19(24)23(20(25)22(21,16-7-3)17-8-4)28(26,27)18-12-10-9-11-13-18/h5-17H,1-4H3. The van der Waals surface area contributed by atoms with Crippen LogP contribution in [-0.2, 0) is 19.6 Å². The Morgan fingerprint density at radius 1 is 0.714 bits per heavy atom. The summed E-state index contributed by atoms with van der Waals surface area (Å²) in [4.78, 5) is 27.0. The molecule has 0 saturated carbocycles. The van der Waals surface area contributed by atoms with Crippen molar-refractivity contribution in [3.8, 4) is 0 Å². The van der Waals surface area contributed by atoms with E-state index in [4.69, 9.17) is 0 Å². The average Bonchev–Trinajstić information content (AvgIpc) is 2.83. The molecule has 0 N–H and O–H groups in total. The summed E-state index contributed by atoms with van der Waals surface area (Å²) in [6.45, 7) is 6.92. The minimum absolute atomic E-state index is 0.108. The van der Waals surface area contributed by atoms with Gasteiger partial charge in [-0.1, -0.05) is 66.8 Å². The number of rotatable bonds is 6. The Bertz CT molecular complexity index is 899. The fourth-order valence-corrected chi connectivity index (χ4v) is 5.15. The highest BCUT2D eigenvalue weighted by Gasteiger charge is 2.67. The van der Waals surface area contributed by atoms with Gasteiger partial charge in [-0.25, -0.2) is 8.42 Å². The molecular formula is C22H25NO4S. The van der Waals surface area contributed by atoms with E-state index < -0.39 is 32.7 Å². The molecule has 0 atom stereocenters. The van der Waals surface area contributed by atoms with E-state index in [9.17, 15) is 18.0 Å². The third-order valence-corrected chi connectivity index (χ3v) is 6.44.